The summed E-state index contributed by atoms with van der Waals surface area (Å²) in [7, 11) is -3.25. The number of fused-ring (bicyclic) bond motifs is 2. The molecule has 2 aliphatic rings. The molecule has 10 rings (SSSR count). The van der Waals surface area contributed by atoms with Crippen LogP contribution in [0.2, 0.25) is 0 Å². The second-order valence-corrected chi connectivity index (χ2v) is 19.1. The zero-order chi connectivity index (χ0) is 102. The third-order valence-corrected chi connectivity index (χ3v) is 12.8. The largest absolute Gasteiger partial charge is 0.444 e. The first kappa shape index (κ1) is 167. The Morgan fingerprint density at radius 1 is 0.419 bits per heavy atom. The fourth-order valence-electron chi connectivity index (χ4n) is 7.24. The van der Waals surface area contributed by atoms with Gasteiger partial charge in [-0.05, 0) is 88.4 Å². The summed E-state index contributed by atoms with van der Waals surface area (Å²) in [4.78, 5) is 56.3. The predicted molar refractivity (Wildman–Crippen MR) is 309 cm³/mol. The number of nitrogens with one attached hydrogen (secondary N) is 2. The minimum atomic E-state index is -3.25. The summed E-state index contributed by atoms with van der Waals surface area (Å²) in [5.41, 5.74) is 2.00. The number of halogens is 57. The number of sulfonamides is 1. The van der Waals surface area contributed by atoms with Crippen molar-refractivity contribution >= 4 is 50.6 Å². The summed E-state index contributed by atoms with van der Waals surface area (Å²) < 4.78 is 505. The summed E-state index contributed by atoms with van der Waals surface area (Å²) in [6, 6.07) is 18.9. The Bertz CT molecular complexity index is 3420. The maximum absolute atomic E-state index is 14.5. The average molecular weight is 2010 g/mol. The molecule has 2 fully saturated rings. The Kier molecular flexibility index (Phi) is 177. The highest BCUT2D eigenvalue weighted by Crippen LogP contribution is 2.33. The number of hydrogen-bond acceptors (Lipinski definition) is 14. The van der Waals surface area contributed by atoms with E-state index in [4.69, 9.17) is 261 Å². The lowest BCUT2D eigenvalue weighted by atomic mass is 10.0. The maximum atomic E-state index is 14.5. The first-order chi connectivity index (χ1) is 59.5. The topological polar surface area (TPSA) is 238 Å². The molecule has 0 radical (unpaired) electrons. The van der Waals surface area contributed by atoms with Gasteiger partial charge in [0, 0.05) is 297 Å². The van der Waals surface area contributed by atoms with Gasteiger partial charge in [-0.3, -0.25) is 23.1 Å². The van der Waals surface area contributed by atoms with Gasteiger partial charge in [0.15, 0.2) is 0 Å². The van der Waals surface area contributed by atoms with Crippen LogP contribution in [0, 0.1) is 11.6 Å². The fourth-order valence-corrected chi connectivity index (χ4v) is 8.42. The molecule has 0 unspecified atom stereocenters. The number of likely N-dealkylation sites (tertiary alicyclic amines) is 1. The Labute approximate surface area is 646 Å². The van der Waals surface area contributed by atoms with Gasteiger partial charge in [-0.25, -0.2) is 36.3 Å². The van der Waals surface area contributed by atoms with Crippen molar-refractivity contribution in [2.75, 3.05) is 42.6 Å². The molecule has 0 atom stereocenters. The van der Waals surface area contributed by atoms with Gasteiger partial charge in [0.25, 0.3) is 11.8 Å². The minimum absolute atomic E-state index is 0. The second-order valence-electron chi connectivity index (χ2n) is 16.9. The SMILES string of the molecule is C.CC(C)(C)OC(=O)N1CC(c2nc(-c3ccc(F)c(NC(=O)c4cnc5ccccn45)c3)no2)C1.CCS(=O)(=O)N1CC(c2nc(-c3ccc(F)c(NC(=O)c4cnc5ccccn45)c3)no2)C1.F.FF.FF.FF.FF.FF.FF.FF.FF.FF.FF.FF.FF.FF.FF.FF.FF.FF.FF.FF.FF.FF.FF.FF.FF.FF.FF.FF. The molecule has 0 saturated carbocycles. The summed E-state index contributed by atoms with van der Waals surface area (Å²) >= 11 is 0. The van der Waals surface area contributed by atoms with E-state index < -0.39 is 45.2 Å². The van der Waals surface area contributed by atoms with Gasteiger partial charge in [0.05, 0.1) is 41.4 Å². The fraction of sp³-hybridized carbons (Fsp3) is 0.283. The highest BCUT2D eigenvalue weighted by Gasteiger charge is 2.40. The van der Waals surface area contributed by atoms with Gasteiger partial charge in [0.2, 0.25) is 33.5 Å². The molecule has 8 heterocycles. The lowest BCUT2D eigenvalue weighted by Crippen LogP contribution is -2.50. The second kappa shape index (κ2) is 132. The first-order valence-corrected chi connectivity index (χ1v) is 26.7. The standard InChI is InChI=1S/C24H23FN6O4.C21H19FN6O4S.CH4.27F2.FH/c1-24(2,3)34-23(33)30-12-15(13-30)22-28-20(29-35-22)14-7-8-16(25)17(10-14)27-21(32)18-11-26-19-6-4-5-9-31(18)19;1-2-33(30,31)27-11-14(12-27)21-25-19(26-32-21)13-6-7-15(22)16(9-13)24-20(29)17-10-23-18-5-3-4-8-28(17)18;;27*1-2;/h4-11,15H,12-13H2,1-3H3,(H,27,32);3-10,14H,2,11-12H2,1H3,(H,24,29);1H4;;;;;;;;;;;;;;;;;;;;;;;;;;;;1H. The molecular weight excluding hydrogens is 1960 g/mol. The third kappa shape index (κ3) is 68.8. The van der Waals surface area contributed by atoms with E-state index in [-0.39, 0.29) is 77.2 Å². The van der Waals surface area contributed by atoms with E-state index in [2.05, 4.69) is 40.9 Å². The highest BCUT2D eigenvalue weighted by atomic mass is 32.2. The van der Waals surface area contributed by atoms with Crippen LogP contribution >= 0.6 is 0 Å². The number of imidazole rings is 2. The van der Waals surface area contributed by atoms with Crippen molar-refractivity contribution in [3.05, 3.63) is 132 Å². The lowest BCUT2D eigenvalue weighted by molar-refractivity contribution is 0.00553. The van der Waals surface area contributed by atoms with Crippen LogP contribution < -0.4 is 10.6 Å². The van der Waals surface area contributed by atoms with Gasteiger partial charge in [-0.15, -0.1) is 0 Å². The molecule has 0 spiro atoms. The number of benzene rings is 2. The van der Waals surface area contributed by atoms with Crippen LogP contribution in [-0.4, -0.2) is 112 Å². The van der Waals surface area contributed by atoms with Crippen LogP contribution in [0.15, 0.2) is 107 Å². The molecule has 2 aromatic carbocycles. The van der Waals surface area contributed by atoms with E-state index in [9.17, 15) is 31.6 Å². The van der Waals surface area contributed by atoms with E-state index >= 15 is 0 Å². The van der Waals surface area contributed by atoms with Crippen LogP contribution in [-0.2, 0) is 14.8 Å². The van der Waals surface area contributed by atoms with Crippen LogP contribution in [0.4, 0.5) is 277 Å². The van der Waals surface area contributed by atoms with Crippen molar-refractivity contribution in [3.8, 4) is 22.8 Å². The Hall–Kier alpha value is -11.8. The van der Waals surface area contributed by atoms with Gasteiger partial charge in [0.1, 0.15) is 39.9 Å². The molecule has 6 aromatic heterocycles. The van der Waals surface area contributed by atoms with Gasteiger partial charge in [-0.1, -0.05) is 29.9 Å². The number of hydrogen-bond donors (Lipinski definition) is 2. The molecule has 0 bridgehead atoms. The number of nitrogens with zero attached hydrogens (tertiary/aromatic N) is 10. The van der Waals surface area contributed by atoms with Gasteiger partial charge >= 0.3 is 6.09 Å². The van der Waals surface area contributed by atoms with Crippen LogP contribution in [0.3, 0.4) is 0 Å². The number of rotatable bonds is 10. The number of aromatic nitrogens is 8. The molecule has 2 aliphatic heterocycles. The number of carbonyl (C=O) groups is 3. The Balaban J connectivity index is -0.0000000578. The minimum Gasteiger partial charge on any atom is -0.444 e. The number of ether oxygens (including phenoxy) is 1. The Morgan fingerprint density at radius 2 is 0.677 bits per heavy atom. The number of anilines is 2. The van der Waals surface area contributed by atoms with Crippen molar-refractivity contribution in [1.29, 1.82) is 0 Å². The maximum Gasteiger partial charge on any atom is 0.410 e. The van der Waals surface area contributed by atoms with Crippen molar-refractivity contribution in [3.63, 3.8) is 0 Å². The molecule has 2 N–H and O–H groups in total. The van der Waals surface area contributed by atoms with Crippen molar-refractivity contribution < 1.29 is 297 Å². The van der Waals surface area contributed by atoms with Gasteiger partial charge in [-0.2, -0.15) is 9.97 Å². The van der Waals surface area contributed by atoms with E-state index in [1.807, 2.05) is 26.8 Å². The quantitative estimate of drug-likeness (QED) is 0.121. The predicted octanol–water partition coefficient (Wildman–Crippen LogP) is 30.1. The third-order valence-electron chi connectivity index (χ3n) is 11.0. The first-order valence-electron chi connectivity index (χ1n) is 25.1. The molecule has 20 nitrogen and oxygen atoms in total. The van der Waals surface area contributed by atoms with E-state index in [0.29, 0.717) is 47.3 Å². The number of carbonyl (C=O) groups excluding carboxylic acids is 3. The molecule has 8 aromatic rings. The molecule has 2 saturated heterocycles. The molecule has 3 amide bonds. The summed E-state index contributed by atoms with van der Waals surface area (Å²) in [5.74, 6) is -1.37. The normalized spacial score (nSPS) is 9.27. The van der Waals surface area contributed by atoms with E-state index in [1.165, 1.54) is 53.1 Å². The summed E-state index contributed by atoms with van der Waals surface area (Å²) in [6.07, 6.45) is 5.85. The molecule has 744 valence electrons. The Morgan fingerprint density at radius 3 is 0.927 bits per heavy atom. The van der Waals surface area contributed by atoms with Crippen LogP contribution in [0.5, 0.6) is 0 Å². The molecule has 0 aliphatic carbocycles. The molecule has 78 heteroatoms. The van der Waals surface area contributed by atoms with Crippen LogP contribution in [0.1, 0.15) is 79.7 Å². The number of amides is 3. The lowest BCUT2D eigenvalue weighted by Gasteiger charge is -2.37. The van der Waals surface area contributed by atoms with E-state index in [0.717, 1.165) is 0 Å². The monoisotopic (exact) mass is 2010 g/mol. The summed E-state index contributed by atoms with van der Waals surface area (Å²) in [6.45, 7) is 8.38. The van der Waals surface area contributed by atoms with Crippen molar-refractivity contribution in [2.45, 2.75) is 52.6 Å². The van der Waals surface area contributed by atoms with Gasteiger partial charge < -0.3 is 29.3 Å². The van der Waals surface area contributed by atoms with Crippen molar-refractivity contribution in [1.82, 2.24) is 48.3 Å². The smallest absolute Gasteiger partial charge is 0.410 e. The zero-order valence-corrected chi connectivity index (χ0v) is 58.5. The zero-order valence-electron chi connectivity index (χ0n) is 57.6. The molecule has 124 heavy (non-hydrogen) atoms. The van der Waals surface area contributed by atoms with E-state index in [1.54, 1.807) is 63.4 Å². The highest BCUT2D eigenvalue weighted by molar-refractivity contribution is 7.89. The number of pyridine rings is 2. The van der Waals surface area contributed by atoms with Crippen LogP contribution in [0.25, 0.3) is 34.1 Å². The van der Waals surface area contributed by atoms with Crippen molar-refractivity contribution in [2.24, 2.45) is 0 Å². The average Bonchev–Trinajstić information content (AvgIpc) is 1.53. The molecular formula is C46H47F57N12O8S. The summed E-state index contributed by atoms with van der Waals surface area (Å²) in [5, 5.41) is 13.1.